The second-order valence-electron chi connectivity index (χ2n) is 5.78. The summed E-state index contributed by atoms with van der Waals surface area (Å²) in [7, 11) is -5.64. The minimum atomic E-state index is -5.64. The van der Waals surface area contributed by atoms with Gasteiger partial charge in [-0.2, -0.15) is 17.2 Å². The zero-order valence-electron chi connectivity index (χ0n) is 10.7. The summed E-state index contributed by atoms with van der Waals surface area (Å²) in [6.45, 7) is -1.74. The van der Waals surface area contributed by atoms with Crippen LogP contribution in [0, 0.1) is 23.7 Å². The minimum absolute atomic E-state index is 0.00429. The topological polar surface area (TPSA) is 110 Å². The summed E-state index contributed by atoms with van der Waals surface area (Å²) >= 11 is 0. The largest absolute Gasteiger partial charge is 0.458 e. The first-order chi connectivity index (χ1) is 9.62. The van der Waals surface area contributed by atoms with Crippen molar-refractivity contribution in [3.8, 4) is 0 Å². The summed E-state index contributed by atoms with van der Waals surface area (Å²) in [4.78, 5) is 11.9. The average molecular weight is 328 g/mol. The van der Waals surface area contributed by atoms with Gasteiger partial charge in [-0.25, -0.2) is 0 Å². The molecule has 1 aliphatic heterocycles. The first kappa shape index (κ1) is 15.1. The lowest BCUT2D eigenvalue weighted by atomic mass is 9.80. The van der Waals surface area contributed by atoms with Crippen LogP contribution in [0.1, 0.15) is 12.8 Å². The van der Waals surface area contributed by atoms with Crippen LogP contribution in [0.2, 0.25) is 0 Å². The maximum atomic E-state index is 13.0. The molecule has 2 saturated carbocycles. The number of rotatable bonds is 4. The molecule has 2 N–H and O–H groups in total. The van der Waals surface area contributed by atoms with Crippen molar-refractivity contribution >= 4 is 16.1 Å². The molecule has 0 amide bonds. The van der Waals surface area contributed by atoms with Gasteiger partial charge in [0, 0.05) is 5.92 Å². The summed E-state index contributed by atoms with van der Waals surface area (Å²) in [5.74, 6) is -2.38. The highest BCUT2D eigenvalue weighted by molar-refractivity contribution is 7.86. The number of aliphatic hydroxyl groups excluding tert-OH is 1. The number of hydrogen-bond acceptors (Lipinski definition) is 6. The Morgan fingerprint density at radius 2 is 2.05 bits per heavy atom. The molecule has 2 bridgehead atoms. The number of alkyl halides is 2. The van der Waals surface area contributed by atoms with E-state index in [0.29, 0.717) is 12.8 Å². The molecule has 2 aliphatic carbocycles. The molecule has 3 aliphatic rings. The molecule has 0 aromatic rings. The van der Waals surface area contributed by atoms with Crippen LogP contribution in [0.25, 0.3) is 0 Å². The molecule has 3 fully saturated rings. The van der Waals surface area contributed by atoms with Gasteiger partial charge in [-0.05, 0) is 24.7 Å². The van der Waals surface area contributed by atoms with Gasteiger partial charge in [-0.1, -0.05) is 0 Å². The highest BCUT2D eigenvalue weighted by atomic mass is 32.2. The molecule has 0 spiro atoms. The number of halogens is 2. The molecule has 10 heteroatoms. The SMILES string of the molecule is O=C(OCC(F)(F)S(=O)(=O)O)C1C2CC3OC(O)C1C3C2. The molecule has 1 saturated heterocycles. The quantitative estimate of drug-likeness (QED) is 0.552. The van der Waals surface area contributed by atoms with Crippen molar-refractivity contribution in [2.45, 2.75) is 30.5 Å². The van der Waals surface area contributed by atoms with Crippen molar-refractivity contribution in [3.05, 3.63) is 0 Å². The first-order valence-electron chi connectivity index (χ1n) is 6.47. The molecule has 1 heterocycles. The fourth-order valence-corrected chi connectivity index (χ4v) is 4.05. The fraction of sp³-hybridized carbons (Fsp3) is 0.909. The van der Waals surface area contributed by atoms with Gasteiger partial charge in [-0.3, -0.25) is 9.35 Å². The predicted molar refractivity (Wildman–Crippen MR) is 61.5 cm³/mol. The van der Waals surface area contributed by atoms with E-state index in [1.165, 1.54) is 0 Å². The van der Waals surface area contributed by atoms with E-state index < -0.39 is 46.1 Å². The monoisotopic (exact) mass is 328 g/mol. The van der Waals surface area contributed by atoms with Gasteiger partial charge in [-0.15, -0.1) is 0 Å². The van der Waals surface area contributed by atoms with Gasteiger partial charge in [0.1, 0.15) is 0 Å². The van der Waals surface area contributed by atoms with Crippen molar-refractivity contribution in [3.63, 3.8) is 0 Å². The lowest BCUT2D eigenvalue weighted by Gasteiger charge is -2.25. The van der Waals surface area contributed by atoms with E-state index in [1.807, 2.05) is 0 Å². The second-order valence-corrected chi connectivity index (χ2v) is 7.33. The molecule has 6 unspecified atom stereocenters. The maximum Gasteiger partial charge on any atom is 0.402 e. The van der Waals surface area contributed by atoms with Crippen molar-refractivity contribution < 1.29 is 41.1 Å². The van der Waals surface area contributed by atoms with E-state index in [-0.39, 0.29) is 17.9 Å². The van der Waals surface area contributed by atoms with Crippen LogP contribution in [0.3, 0.4) is 0 Å². The standard InChI is InChI=1S/C11H14F2O7S/c12-11(13,21(16,17)18)3-19-9(14)7-4-1-5-6(2-4)20-10(15)8(5)7/h4-8,10,15H,1-3H2,(H,16,17,18). The Labute approximate surface area is 119 Å². The van der Waals surface area contributed by atoms with Gasteiger partial charge in [0.05, 0.1) is 12.0 Å². The molecule has 7 nitrogen and oxygen atoms in total. The third-order valence-electron chi connectivity index (χ3n) is 4.68. The second kappa shape index (κ2) is 4.58. The number of esters is 1. The van der Waals surface area contributed by atoms with E-state index >= 15 is 0 Å². The van der Waals surface area contributed by atoms with Crippen LogP contribution < -0.4 is 0 Å². The number of carbonyl (C=O) groups excluding carboxylic acids is 1. The van der Waals surface area contributed by atoms with Gasteiger partial charge in [0.15, 0.2) is 12.9 Å². The number of fused-ring (bicyclic) bond motifs is 1. The Balaban J connectivity index is 1.67. The molecule has 6 atom stereocenters. The smallest absolute Gasteiger partial charge is 0.402 e. The normalized spacial score (nSPS) is 41.5. The first-order valence-corrected chi connectivity index (χ1v) is 7.91. The maximum absolute atomic E-state index is 13.0. The van der Waals surface area contributed by atoms with Gasteiger partial charge >= 0.3 is 21.3 Å². The summed E-state index contributed by atoms with van der Waals surface area (Å²) in [5, 5.41) is 5.21. The van der Waals surface area contributed by atoms with Crippen LogP contribution in [0.15, 0.2) is 0 Å². The lowest BCUT2D eigenvalue weighted by Crippen LogP contribution is -2.39. The summed E-state index contributed by atoms with van der Waals surface area (Å²) < 4.78 is 65.0. The highest BCUT2D eigenvalue weighted by Gasteiger charge is 2.63. The summed E-state index contributed by atoms with van der Waals surface area (Å²) in [5.41, 5.74) is 0. The third kappa shape index (κ3) is 2.24. The third-order valence-corrected chi connectivity index (χ3v) is 5.55. The van der Waals surface area contributed by atoms with Gasteiger partial charge in [0.25, 0.3) is 0 Å². The van der Waals surface area contributed by atoms with Crippen LogP contribution >= 0.6 is 0 Å². The van der Waals surface area contributed by atoms with Crippen LogP contribution in [-0.2, 0) is 24.4 Å². The molecule has 3 rings (SSSR count). The van der Waals surface area contributed by atoms with Crippen LogP contribution in [0.5, 0.6) is 0 Å². The average Bonchev–Trinajstić information content (AvgIpc) is 2.95. The molecule has 0 aromatic carbocycles. The minimum Gasteiger partial charge on any atom is -0.458 e. The molecule has 0 aromatic heterocycles. The van der Waals surface area contributed by atoms with E-state index in [4.69, 9.17) is 9.29 Å². The van der Waals surface area contributed by atoms with Crippen LogP contribution in [-0.4, -0.2) is 48.3 Å². The number of hydrogen-bond donors (Lipinski definition) is 2. The van der Waals surface area contributed by atoms with Crippen molar-refractivity contribution in [2.75, 3.05) is 6.61 Å². The summed E-state index contributed by atoms with van der Waals surface area (Å²) in [6, 6.07) is 0. The Bertz CT molecular complexity index is 561. The zero-order valence-corrected chi connectivity index (χ0v) is 11.5. The Morgan fingerprint density at radius 3 is 2.67 bits per heavy atom. The number of aliphatic hydroxyl groups is 1. The molecule has 120 valence electrons. The van der Waals surface area contributed by atoms with Gasteiger partial charge < -0.3 is 14.6 Å². The van der Waals surface area contributed by atoms with Crippen molar-refractivity contribution in [2.24, 2.45) is 23.7 Å². The van der Waals surface area contributed by atoms with E-state index in [1.54, 1.807) is 0 Å². The van der Waals surface area contributed by atoms with E-state index in [9.17, 15) is 27.1 Å². The highest BCUT2D eigenvalue weighted by Crippen LogP contribution is 2.59. The zero-order chi connectivity index (χ0) is 15.6. The molecular weight excluding hydrogens is 314 g/mol. The van der Waals surface area contributed by atoms with Crippen molar-refractivity contribution in [1.29, 1.82) is 0 Å². The molecule has 0 radical (unpaired) electrons. The van der Waals surface area contributed by atoms with Crippen LogP contribution in [0.4, 0.5) is 8.78 Å². The van der Waals surface area contributed by atoms with Crippen molar-refractivity contribution in [1.82, 2.24) is 0 Å². The Kier molecular flexibility index (Phi) is 3.28. The predicted octanol–water partition coefficient (Wildman–Crippen LogP) is -0.000400. The lowest BCUT2D eigenvalue weighted by molar-refractivity contribution is -0.162. The van der Waals surface area contributed by atoms with Gasteiger partial charge in [0.2, 0.25) is 0 Å². The van der Waals surface area contributed by atoms with E-state index in [0.717, 1.165) is 0 Å². The Morgan fingerprint density at radius 1 is 1.38 bits per heavy atom. The molecule has 21 heavy (non-hydrogen) atoms. The number of ether oxygens (including phenoxy) is 2. The summed E-state index contributed by atoms with van der Waals surface area (Å²) in [6.07, 6.45) is -0.0430. The number of carbonyl (C=O) groups is 1. The Hall–Kier alpha value is -0.840. The molecular formula is C11H14F2O7S. The van der Waals surface area contributed by atoms with E-state index in [2.05, 4.69) is 4.74 Å². The fourth-order valence-electron chi connectivity index (χ4n) is 3.84.